The van der Waals surface area contributed by atoms with E-state index in [0.29, 0.717) is 22.6 Å². The minimum absolute atomic E-state index is 0.0277. The molecule has 0 aliphatic rings. The zero-order valence-electron chi connectivity index (χ0n) is 15.6. The number of hydrogen-bond donors (Lipinski definition) is 0. The molecular formula is C22H18O7. The van der Waals surface area contributed by atoms with Crippen LogP contribution in [0.1, 0.15) is 32.2 Å². The first-order valence-electron chi connectivity index (χ1n) is 8.72. The van der Waals surface area contributed by atoms with E-state index in [1.807, 2.05) is 6.07 Å². The lowest BCUT2D eigenvalue weighted by molar-refractivity contribution is -0.147. The Bertz CT molecular complexity index is 988. The van der Waals surface area contributed by atoms with Crippen molar-refractivity contribution in [2.75, 3.05) is 13.7 Å². The number of benzene rings is 2. The third-order valence-electron chi connectivity index (χ3n) is 3.93. The molecule has 0 aliphatic heterocycles. The fraction of sp³-hybridized carbons (Fsp3) is 0.136. The minimum Gasteiger partial charge on any atom is -0.482 e. The summed E-state index contributed by atoms with van der Waals surface area (Å²) in [6, 6.07) is 18.4. The quantitative estimate of drug-likeness (QED) is 0.427. The normalized spacial score (nSPS) is 10.2. The van der Waals surface area contributed by atoms with E-state index in [1.54, 1.807) is 48.5 Å². The molecule has 0 bridgehead atoms. The second kappa shape index (κ2) is 9.36. The van der Waals surface area contributed by atoms with Crippen molar-refractivity contribution in [3.05, 3.63) is 89.4 Å². The molecule has 29 heavy (non-hydrogen) atoms. The lowest BCUT2D eigenvalue weighted by Gasteiger charge is -2.07. The molecule has 3 rings (SSSR count). The highest BCUT2D eigenvalue weighted by Gasteiger charge is 2.13. The van der Waals surface area contributed by atoms with Crippen LogP contribution in [0.15, 0.2) is 71.1 Å². The Morgan fingerprint density at radius 3 is 2.24 bits per heavy atom. The highest BCUT2D eigenvalue weighted by Crippen LogP contribution is 2.16. The van der Waals surface area contributed by atoms with Gasteiger partial charge in [0, 0.05) is 11.1 Å². The molecule has 0 radical (unpaired) electrons. The number of furan rings is 1. The van der Waals surface area contributed by atoms with Gasteiger partial charge in [0.05, 0.1) is 7.11 Å². The highest BCUT2D eigenvalue weighted by atomic mass is 16.6. The van der Waals surface area contributed by atoms with E-state index in [9.17, 15) is 14.4 Å². The average molecular weight is 394 g/mol. The summed E-state index contributed by atoms with van der Waals surface area (Å²) in [7, 11) is 1.24. The van der Waals surface area contributed by atoms with Gasteiger partial charge < -0.3 is 18.6 Å². The molecule has 0 fully saturated rings. The molecule has 0 aliphatic carbocycles. The molecule has 0 atom stereocenters. The lowest BCUT2D eigenvalue weighted by Crippen LogP contribution is -2.14. The van der Waals surface area contributed by atoms with Gasteiger partial charge in [-0.2, -0.15) is 0 Å². The van der Waals surface area contributed by atoms with Crippen LogP contribution in [0.5, 0.6) is 5.75 Å². The molecule has 7 nitrogen and oxygen atoms in total. The monoisotopic (exact) mass is 394 g/mol. The summed E-state index contributed by atoms with van der Waals surface area (Å²) in [4.78, 5) is 35.5. The second-order valence-corrected chi connectivity index (χ2v) is 5.93. The van der Waals surface area contributed by atoms with Gasteiger partial charge in [0.1, 0.15) is 18.1 Å². The average Bonchev–Trinajstić information content (AvgIpc) is 3.25. The summed E-state index contributed by atoms with van der Waals surface area (Å²) >= 11 is 0. The Morgan fingerprint density at radius 1 is 0.862 bits per heavy atom. The Kier molecular flexibility index (Phi) is 6.42. The van der Waals surface area contributed by atoms with Crippen molar-refractivity contribution < 1.29 is 33.0 Å². The zero-order valence-corrected chi connectivity index (χ0v) is 15.6. The fourth-order valence-corrected chi connectivity index (χ4v) is 2.46. The van der Waals surface area contributed by atoms with Gasteiger partial charge in [-0.05, 0) is 36.4 Å². The molecule has 3 aromatic rings. The lowest BCUT2D eigenvalue weighted by atomic mass is 10.0. The smallest absolute Gasteiger partial charge is 0.373 e. The van der Waals surface area contributed by atoms with Gasteiger partial charge in [0.15, 0.2) is 12.4 Å². The maximum absolute atomic E-state index is 12.4. The van der Waals surface area contributed by atoms with Crippen LogP contribution in [-0.4, -0.2) is 31.4 Å². The van der Waals surface area contributed by atoms with Crippen LogP contribution in [0.25, 0.3) is 0 Å². The Morgan fingerprint density at radius 2 is 1.55 bits per heavy atom. The van der Waals surface area contributed by atoms with Crippen molar-refractivity contribution in [1.29, 1.82) is 0 Å². The van der Waals surface area contributed by atoms with Crippen molar-refractivity contribution in [2.24, 2.45) is 0 Å². The van der Waals surface area contributed by atoms with Gasteiger partial charge in [0.2, 0.25) is 5.76 Å². The Balaban J connectivity index is 1.47. The molecule has 0 unspecified atom stereocenters. The molecule has 2 aromatic carbocycles. The Hall–Kier alpha value is -3.87. The van der Waals surface area contributed by atoms with E-state index in [4.69, 9.17) is 13.9 Å². The molecule has 1 aromatic heterocycles. The van der Waals surface area contributed by atoms with Crippen LogP contribution in [-0.2, 0) is 20.9 Å². The predicted molar refractivity (Wildman–Crippen MR) is 102 cm³/mol. The van der Waals surface area contributed by atoms with Crippen molar-refractivity contribution in [3.8, 4) is 5.75 Å². The molecule has 1 heterocycles. The molecule has 0 spiro atoms. The topological polar surface area (TPSA) is 92.0 Å². The fourth-order valence-electron chi connectivity index (χ4n) is 2.46. The van der Waals surface area contributed by atoms with Crippen molar-refractivity contribution >= 4 is 17.7 Å². The van der Waals surface area contributed by atoms with Crippen LogP contribution < -0.4 is 4.74 Å². The number of methoxy groups -OCH3 is 1. The van der Waals surface area contributed by atoms with Crippen molar-refractivity contribution in [3.63, 3.8) is 0 Å². The third kappa shape index (κ3) is 5.32. The summed E-state index contributed by atoms with van der Waals surface area (Å²) in [5.41, 5.74) is 1.11. The molecule has 0 amide bonds. The number of rotatable bonds is 8. The van der Waals surface area contributed by atoms with E-state index in [2.05, 4.69) is 4.74 Å². The molecular weight excluding hydrogens is 376 g/mol. The van der Waals surface area contributed by atoms with Gasteiger partial charge >= 0.3 is 11.9 Å². The van der Waals surface area contributed by atoms with Crippen molar-refractivity contribution in [1.82, 2.24) is 0 Å². The number of ether oxygens (including phenoxy) is 3. The van der Waals surface area contributed by atoms with Crippen LogP contribution in [0.2, 0.25) is 0 Å². The van der Waals surface area contributed by atoms with E-state index >= 15 is 0 Å². The molecule has 0 saturated carbocycles. The maximum atomic E-state index is 12.4. The Labute approximate surface area is 166 Å². The van der Waals surface area contributed by atoms with Gasteiger partial charge in [-0.25, -0.2) is 9.59 Å². The number of carbonyl (C=O) groups is 3. The first-order chi connectivity index (χ1) is 14.1. The first kappa shape index (κ1) is 19.9. The molecule has 0 N–H and O–H groups in total. The maximum Gasteiger partial charge on any atom is 0.373 e. The predicted octanol–water partition coefficient (Wildman–Crippen LogP) is 3.42. The summed E-state index contributed by atoms with van der Waals surface area (Å²) in [5.74, 6) is -0.549. The second-order valence-electron chi connectivity index (χ2n) is 5.93. The van der Waals surface area contributed by atoms with E-state index in [1.165, 1.54) is 19.2 Å². The molecule has 7 heteroatoms. The summed E-state index contributed by atoms with van der Waals surface area (Å²) in [6.45, 7) is -0.444. The summed E-state index contributed by atoms with van der Waals surface area (Å²) < 4.78 is 20.1. The largest absolute Gasteiger partial charge is 0.482 e. The zero-order chi connectivity index (χ0) is 20.6. The highest BCUT2D eigenvalue weighted by molar-refractivity contribution is 6.08. The van der Waals surface area contributed by atoms with Crippen LogP contribution in [0, 0.1) is 0 Å². The number of esters is 2. The van der Waals surface area contributed by atoms with E-state index < -0.39 is 11.9 Å². The van der Waals surface area contributed by atoms with Gasteiger partial charge in [-0.3, -0.25) is 4.79 Å². The van der Waals surface area contributed by atoms with Crippen LogP contribution in [0.4, 0.5) is 0 Å². The minimum atomic E-state index is -0.611. The van der Waals surface area contributed by atoms with Gasteiger partial charge in [0.25, 0.3) is 0 Å². The first-order valence-corrected chi connectivity index (χ1v) is 8.72. The van der Waals surface area contributed by atoms with Crippen LogP contribution in [0.3, 0.4) is 0 Å². The molecule has 0 saturated heterocycles. The van der Waals surface area contributed by atoms with E-state index in [0.717, 1.165) is 0 Å². The summed E-state index contributed by atoms with van der Waals surface area (Å²) in [6.07, 6.45) is 0. The van der Waals surface area contributed by atoms with E-state index in [-0.39, 0.29) is 24.8 Å². The number of ketones is 1. The SMILES string of the molecule is COC(=O)c1ccc(COC(=O)COc2ccc(C(=O)c3ccccc3)cc2)o1. The number of hydrogen-bond acceptors (Lipinski definition) is 7. The van der Waals surface area contributed by atoms with Gasteiger partial charge in [-0.1, -0.05) is 30.3 Å². The standard InChI is InChI=1S/C22H18O7/c1-26-22(25)19-12-11-18(29-19)13-28-20(23)14-27-17-9-7-16(8-10-17)21(24)15-5-3-2-4-6-15/h2-12H,13-14H2,1H3. The molecule has 148 valence electrons. The third-order valence-corrected chi connectivity index (χ3v) is 3.93. The summed E-state index contributed by atoms with van der Waals surface area (Å²) in [5, 5.41) is 0. The number of carbonyl (C=O) groups excluding carboxylic acids is 3. The van der Waals surface area contributed by atoms with Crippen LogP contribution >= 0.6 is 0 Å². The van der Waals surface area contributed by atoms with Gasteiger partial charge in [-0.15, -0.1) is 0 Å². The van der Waals surface area contributed by atoms with Crippen molar-refractivity contribution in [2.45, 2.75) is 6.61 Å².